The number of hydrogen-bond acceptors (Lipinski definition) is 5. The van der Waals surface area contributed by atoms with Crippen molar-refractivity contribution in [2.75, 3.05) is 19.5 Å². The fraction of sp³-hybridized carbons (Fsp3) is 0.524. The van der Waals surface area contributed by atoms with Gasteiger partial charge in [-0.15, -0.1) is 0 Å². The van der Waals surface area contributed by atoms with E-state index < -0.39 is 0 Å². The van der Waals surface area contributed by atoms with Crippen LogP contribution in [0.1, 0.15) is 37.5 Å². The third-order valence-electron chi connectivity index (χ3n) is 4.83. The Morgan fingerprint density at radius 3 is 2.77 bits per heavy atom. The number of anilines is 1. The average molecular weight is 429 g/mol. The van der Waals surface area contributed by atoms with Gasteiger partial charge in [-0.2, -0.15) is 5.10 Å². The van der Waals surface area contributed by atoms with Crippen molar-refractivity contribution in [2.24, 2.45) is 4.99 Å². The predicted molar refractivity (Wildman–Crippen MR) is 120 cm³/mol. The molecule has 2 heterocycles. The van der Waals surface area contributed by atoms with Crippen LogP contribution in [-0.2, 0) is 30.9 Å². The summed E-state index contributed by atoms with van der Waals surface area (Å²) in [7, 11) is 3.41. The lowest BCUT2D eigenvalue weighted by atomic mass is 10.1. The average Bonchev–Trinajstić information content (AvgIpc) is 3.13. The van der Waals surface area contributed by atoms with E-state index in [2.05, 4.69) is 36.3 Å². The monoisotopic (exact) mass is 428 g/mol. The van der Waals surface area contributed by atoms with Gasteiger partial charge in [0.05, 0.1) is 6.54 Å². The summed E-state index contributed by atoms with van der Waals surface area (Å²) in [4.78, 5) is 20.6. The van der Waals surface area contributed by atoms with Gasteiger partial charge in [0.25, 0.3) is 0 Å². The minimum atomic E-state index is -0.206. The Hall–Kier alpha value is -3.14. The summed E-state index contributed by atoms with van der Waals surface area (Å²) in [5, 5.41) is 16.9. The van der Waals surface area contributed by atoms with Gasteiger partial charge in [0.15, 0.2) is 11.8 Å². The van der Waals surface area contributed by atoms with Crippen LogP contribution in [0.4, 0.5) is 10.5 Å². The molecule has 2 aromatic rings. The molecule has 10 heteroatoms. The maximum atomic E-state index is 11.8. The van der Waals surface area contributed by atoms with Crippen LogP contribution in [0.5, 0.6) is 0 Å². The molecule has 1 unspecified atom stereocenters. The van der Waals surface area contributed by atoms with E-state index in [0.29, 0.717) is 13.2 Å². The Balaban J connectivity index is 1.47. The lowest BCUT2D eigenvalue weighted by Crippen LogP contribution is -2.46. The van der Waals surface area contributed by atoms with E-state index in [4.69, 9.17) is 4.74 Å². The highest BCUT2D eigenvalue weighted by Gasteiger charge is 2.22. The summed E-state index contributed by atoms with van der Waals surface area (Å²) in [6.07, 6.45) is 1.83. The number of amides is 2. The minimum Gasteiger partial charge on any atom is -0.377 e. The molecule has 10 nitrogen and oxygen atoms in total. The third kappa shape index (κ3) is 6.68. The van der Waals surface area contributed by atoms with Gasteiger partial charge in [-0.3, -0.25) is 4.99 Å². The second-order valence-electron chi connectivity index (χ2n) is 7.82. The quantitative estimate of drug-likeness (QED) is 0.393. The predicted octanol–water partition coefficient (Wildman–Crippen LogP) is 1.63. The molecule has 1 atom stereocenters. The van der Waals surface area contributed by atoms with Crippen molar-refractivity contribution in [3.05, 3.63) is 41.5 Å². The molecule has 0 bridgehead atoms. The molecule has 0 aliphatic carbocycles. The van der Waals surface area contributed by atoms with Gasteiger partial charge in [-0.05, 0) is 38.0 Å². The number of nitrogens with one attached hydrogen (secondary N) is 4. The standard InChI is InChI=1S/C21H32N8O2/c1-14(2)24-21(30)26-16-7-5-15(6-8-16)11-23-20(22-3)25-17-9-10-19-27-18(13-31-4)28-29(19)12-17/h5-8,14,17H,9-13H2,1-4H3,(H2,22,23,25)(H2,24,26,30). The molecule has 31 heavy (non-hydrogen) atoms. The van der Waals surface area contributed by atoms with Crippen molar-refractivity contribution in [3.8, 4) is 0 Å². The molecule has 0 saturated heterocycles. The zero-order valence-corrected chi connectivity index (χ0v) is 18.6. The lowest BCUT2D eigenvalue weighted by Gasteiger charge is -2.25. The summed E-state index contributed by atoms with van der Waals surface area (Å²) in [6.45, 7) is 5.64. The first-order valence-electron chi connectivity index (χ1n) is 10.5. The first-order valence-corrected chi connectivity index (χ1v) is 10.5. The minimum absolute atomic E-state index is 0.0930. The Morgan fingerprint density at radius 1 is 1.32 bits per heavy atom. The molecule has 4 N–H and O–H groups in total. The fourth-order valence-corrected chi connectivity index (χ4v) is 3.38. The Kier molecular flexibility index (Phi) is 7.82. The highest BCUT2D eigenvalue weighted by atomic mass is 16.5. The Labute approximate surface area is 182 Å². The van der Waals surface area contributed by atoms with Gasteiger partial charge >= 0.3 is 6.03 Å². The number of ether oxygens (including phenoxy) is 1. The molecular formula is C21H32N8O2. The molecule has 1 aromatic heterocycles. The Morgan fingerprint density at radius 2 is 2.10 bits per heavy atom. The molecule has 1 aliphatic heterocycles. The first-order chi connectivity index (χ1) is 15.0. The zero-order chi connectivity index (χ0) is 22.2. The molecule has 2 amide bonds. The smallest absolute Gasteiger partial charge is 0.319 e. The maximum Gasteiger partial charge on any atom is 0.319 e. The number of nitrogens with zero attached hydrogens (tertiary/aromatic N) is 4. The molecule has 168 valence electrons. The molecule has 1 aromatic carbocycles. The van der Waals surface area contributed by atoms with Crippen LogP contribution in [0.3, 0.4) is 0 Å². The third-order valence-corrected chi connectivity index (χ3v) is 4.83. The van der Waals surface area contributed by atoms with Crippen molar-refractivity contribution >= 4 is 17.7 Å². The SMILES string of the molecule is CN=C(NCc1ccc(NC(=O)NC(C)C)cc1)NC1CCc2nc(COC)nn2C1. The number of rotatable bonds is 7. The van der Waals surface area contributed by atoms with E-state index in [9.17, 15) is 4.79 Å². The van der Waals surface area contributed by atoms with Crippen LogP contribution < -0.4 is 21.3 Å². The number of methoxy groups -OCH3 is 1. The topological polar surface area (TPSA) is 117 Å². The van der Waals surface area contributed by atoms with Crippen molar-refractivity contribution in [3.63, 3.8) is 0 Å². The first kappa shape index (κ1) is 22.5. The number of aryl methyl sites for hydroxylation is 1. The number of aliphatic imine (C=N–C) groups is 1. The van der Waals surface area contributed by atoms with E-state index >= 15 is 0 Å². The zero-order valence-electron chi connectivity index (χ0n) is 18.6. The van der Waals surface area contributed by atoms with Crippen LogP contribution in [-0.4, -0.2) is 53.0 Å². The molecule has 0 spiro atoms. The summed E-state index contributed by atoms with van der Waals surface area (Å²) in [6, 6.07) is 7.84. The van der Waals surface area contributed by atoms with Crippen molar-refractivity contribution in [1.82, 2.24) is 30.7 Å². The molecule has 0 fully saturated rings. The van der Waals surface area contributed by atoms with Crippen LogP contribution in [0, 0.1) is 0 Å². The van der Waals surface area contributed by atoms with Gasteiger partial charge < -0.3 is 26.0 Å². The van der Waals surface area contributed by atoms with Crippen LogP contribution in [0.25, 0.3) is 0 Å². The van der Waals surface area contributed by atoms with E-state index in [0.717, 1.165) is 48.2 Å². The van der Waals surface area contributed by atoms with Gasteiger partial charge in [0, 0.05) is 44.9 Å². The molecular weight excluding hydrogens is 396 g/mol. The number of carbonyl (C=O) groups is 1. The van der Waals surface area contributed by atoms with Crippen LogP contribution >= 0.6 is 0 Å². The number of fused-ring (bicyclic) bond motifs is 1. The highest BCUT2D eigenvalue weighted by Crippen LogP contribution is 2.14. The van der Waals surface area contributed by atoms with E-state index in [1.807, 2.05) is 42.8 Å². The fourth-order valence-electron chi connectivity index (χ4n) is 3.38. The second kappa shape index (κ2) is 10.8. The van der Waals surface area contributed by atoms with Gasteiger partial charge in [-0.1, -0.05) is 12.1 Å². The Bertz CT molecular complexity index is 891. The number of guanidine groups is 1. The van der Waals surface area contributed by atoms with E-state index in [1.54, 1.807) is 14.2 Å². The van der Waals surface area contributed by atoms with Crippen molar-refractivity contribution in [1.29, 1.82) is 0 Å². The molecule has 0 radical (unpaired) electrons. The second-order valence-corrected chi connectivity index (χ2v) is 7.82. The normalized spacial score (nSPS) is 16.0. The summed E-state index contributed by atoms with van der Waals surface area (Å²) in [5.41, 5.74) is 1.84. The number of hydrogen-bond donors (Lipinski definition) is 4. The number of benzene rings is 1. The van der Waals surface area contributed by atoms with Crippen LogP contribution in [0.2, 0.25) is 0 Å². The number of carbonyl (C=O) groups excluding carboxylic acids is 1. The maximum absolute atomic E-state index is 11.8. The number of urea groups is 1. The number of aromatic nitrogens is 3. The molecule has 0 saturated carbocycles. The largest absolute Gasteiger partial charge is 0.377 e. The lowest BCUT2D eigenvalue weighted by molar-refractivity contribution is 0.177. The summed E-state index contributed by atoms with van der Waals surface area (Å²) < 4.78 is 7.07. The molecule has 3 rings (SSSR count). The van der Waals surface area contributed by atoms with Crippen LogP contribution in [0.15, 0.2) is 29.3 Å². The summed E-state index contributed by atoms with van der Waals surface area (Å²) in [5.74, 6) is 2.47. The van der Waals surface area contributed by atoms with Crippen molar-refractivity contribution in [2.45, 2.75) is 58.5 Å². The van der Waals surface area contributed by atoms with Gasteiger partial charge in [-0.25, -0.2) is 14.5 Å². The highest BCUT2D eigenvalue weighted by molar-refractivity contribution is 5.89. The van der Waals surface area contributed by atoms with E-state index in [1.165, 1.54) is 0 Å². The van der Waals surface area contributed by atoms with Gasteiger partial charge in [0.1, 0.15) is 12.4 Å². The van der Waals surface area contributed by atoms with Gasteiger partial charge in [0.2, 0.25) is 0 Å². The summed E-state index contributed by atoms with van der Waals surface area (Å²) >= 11 is 0. The van der Waals surface area contributed by atoms with E-state index in [-0.39, 0.29) is 18.1 Å². The molecule has 1 aliphatic rings. The van der Waals surface area contributed by atoms with Crippen molar-refractivity contribution < 1.29 is 9.53 Å².